The Bertz CT molecular complexity index is 1560. The number of hydrogen-bond acceptors (Lipinski definition) is 13. The number of carbonyl (C=O) groups is 4. The van der Waals surface area contributed by atoms with Gasteiger partial charge in [-0.15, -0.1) is 0 Å². The zero-order valence-corrected chi connectivity index (χ0v) is 22.5. The van der Waals surface area contributed by atoms with Crippen LogP contribution in [-0.2, 0) is 19.0 Å². The summed E-state index contributed by atoms with van der Waals surface area (Å²) in [7, 11) is 2.18. The molecule has 1 saturated heterocycles. The van der Waals surface area contributed by atoms with E-state index in [1.54, 1.807) is 6.92 Å². The van der Waals surface area contributed by atoms with Crippen molar-refractivity contribution in [2.75, 3.05) is 14.2 Å². The molecule has 41 heavy (non-hydrogen) atoms. The fourth-order valence-electron chi connectivity index (χ4n) is 5.78. The van der Waals surface area contributed by atoms with Crippen molar-refractivity contribution in [3.8, 4) is 11.5 Å². The molecular formula is C28H28O13. The van der Waals surface area contributed by atoms with Crippen molar-refractivity contribution in [3.63, 3.8) is 0 Å². The standard InChI is InChI=1S/C28H28O13/c1-10-19-12(8-15(20(10)26(35)39-4)41-18-6-5-14(29)11(2)40-18)7-13-21(22(19)31)25(34)27(36)17(30)9-16(38-3)24(33)28(27,37)23(13)32/h7-9,11,14,18,24,29,31,33,36-37H,5-6H2,1-4H3/t11-,14+,18+,24+,27+,28+/m0/s1. The van der Waals surface area contributed by atoms with Gasteiger partial charge in [-0.25, -0.2) is 4.79 Å². The van der Waals surface area contributed by atoms with Crippen molar-refractivity contribution in [2.45, 2.75) is 62.5 Å². The van der Waals surface area contributed by atoms with Crippen molar-refractivity contribution < 1.29 is 63.7 Å². The molecule has 0 saturated carbocycles. The van der Waals surface area contributed by atoms with Crippen LogP contribution in [0.3, 0.4) is 0 Å². The monoisotopic (exact) mass is 572 g/mol. The summed E-state index contributed by atoms with van der Waals surface area (Å²) in [6.07, 6.45) is -3.23. The minimum Gasteiger partial charge on any atom is -0.507 e. The van der Waals surface area contributed by atoms with Gasteiger partial charge in [-0.05, 0) is 43.4 Å². The maximum Gasteiger partial charge on any atom is 0.341 e. The number of aromatic hydroxyl groups is 1. The van der Waals surface area contributed by atoms with E-state index in [9.17, 15) is 44.7 Å². The molecule has 13 heteroatoms. The third-order valence-electron chi connectivity index (χ3n) is 8.10. The van der Waals surface area contributed by atoms with E-state index in [0.717, 1.165) is 20.3 Å². The summed E-state index contributed by atoms with van der Waals surface area (Å²) in [6.45, 7) is 3.07. The first-order valence-corrected chi connectivity index (χ1v) is 12.7. The number of aliphatic hydroxyl groups is 4. The zero-order chi connectivity index (χ0) is 30.2. The number of aryl methyl sites for hydroxylation is 1. The van der Waals surface area contributed by atoms with E-state index in [1.165, 1.54) is 13.0 Å². The molecule has 5 rings (SSSR count). The lowest BCUT2D eigenvalue weighted by atomic mass is 9.60. The molecule has 13 nitrogen and oxygen atoms in total. The fraction of sp³-hybridized carbons (Fsp3) is 0.429. The number of phenolic OH excluding ortho intramolecular Hbond substituents is 1. The first-order chi connectivity index (χ1) is 19.2. The van der Waals surface area contributed by atoms with Gasteiger partial charge in [0, 0.05) is 23.4 Å². The summed E-state index contributed by atoms with van der Waals surface area (Å²) >= 11 is 0. The van der Waals surface area contributed by atoms with E-state index in [1.807, 2.05) is 0 Å². The van der Waals surface area contributed by atoms with E-state index >= 15 is 0 Å². The lowest BCUT2D eigenvalue weighted by Gasteiger charge is -2.47. The molecule has 2 aromatic rings. The molecule has 1 fully saturated rings. The Morgan fingerprint density at radius 3 is 2.37 bits per heavy atom. The quantitative estimate of drug-likeness (QED) is 0.246. The second-order valence-corrected chi connectivity index (χ2v) is 10.3. The molecule has 6 atom stereocenters. The number of hydrogen-bond donors (Lipinski definition) is 5. The summed E-state index contributed by atoms with van der Waals surface area (Å²) in [5, 5.41) is 54.6. The summed E-state index contributed by atoms with van der Waals surface area (Å²) in [5.41, 5.74) is -8.31. The van der Waals surface area contributed by atoms with Gasteiger partial charge in [-0.3, -0.25) is 14.4 Å². The Balaban J connectivity index is 1.75. The molecule has 0 unspecified atom stereocenters. The second-order valence-electron chi connectivity index (χ2n) is 10.3. The highest BCUT2D eigenvalue weighted by Crippen LogP contribution is 2.49. The first-order valence-electron chi connectivity index (χ1n) is 12.7. The molecule has 0 amide bonds. The number of aliphatic hydroxyl groups excluding tert-OH is 2. The number of fused-ring (bicyclic) bond motifs is 3. The van der Waals surface area contributed by atoms with E-state index in [4.69, 9.17) is 18.9 Å². The topological polar surface area (TPSA) is 206 Å². The van der Waals surface area contributed by atoms with Gasteiger partial charge in [0.15, 0.2) is 12.4 Å². The molecule has 0 radical (unpaired) electrons. The van der Waals surface area contributed by atoms with Crippen molar-refractivity contribution >= 4 is 34.1 Å². The van der Waals surface area contributed by atoms with E-state index in [2.05, 4.69) is 0 Å². The van der Waals surface area contributed by atoms with Crippen molar-refractivity contribution in [1.29, 1.82) is 0 Å². The molecular weight excluding hydrogens is 544 g/mol. The van der Waals surface area contributed by atoms with Crippen LogP contribution in [0.4, 0.5) is 0 Å². The van der Waals surface area contributed by atoms with Crippen molar-refractivity contribution in [1.82, 2.24) is 0 Å². The summed E-state index contributed by atoms with van der Waals surface area (Å²) in [4.78, 5) is 53.1. The van der Waals surface area contributed by atoms with Crippen LogP contribution in [0.5, 0.6) is 11.5 Å². The Morgan fingerprint density at radius 2 is 1.76 bits per heavy atom. The van der Waals surface area contributed by atoms with Gasteiger partial charge in [0.05, 0.1) is 32.0 Å². The molecule has 1 aliphatic heterocycles. The average Bonchev–Trinajstić information content (AvgIpc) is 2.93. The molecule has 218 valence electrons. The molecule has 0 spiro atoms. The van der Waals surface area contributed by atoms with Crippen molar-refractivity contribution in [3.05, 3.63) is 46.2 Å². The van der Waals surface area contributed by atoms with Gasteiger partial charge in [0.25, 0.3) is 0 Å². The zero-order valence-electron chi connectivity index (χ0n) is 22.5. The minimum atomic E-state index is -3.48. The number of carbonyl (C=O) groups excluding carboxylic acids is 4. The highest BCUT2D eigenvalue weighted by molar-refractivity contribution is 6.35. The van der Waals surface area contributed by atoms with Gasteiger partial charge in [-0.2, -0.15) is 0 Å². The molecule has 0 aromatic heterocycles. The maximum absolute atomic E-state index is 13.7. The number of phenols is 1. The highest BCUT2D eigenvalue weighted by atomic mass is 16.7. The predicted octanol–water partition coefficient (Wildman–Crippen LogP) is 0.220. The number of Topliss-reactive ketones (excluding diaryl/α,β-unsaturated/α-hetero) is 2. The third kappa shape index (κ3) is 3.73. The van der Waals surface area contributed by atoms with Gasteiger partial charge < -0.3 is 44.5 Å². The Kier molecular flexibility index (Phi) is 6.71. The number of esters is 1. The van der Waals surface area contributed by atoms with Crippen LogP contribution < -0.4 is 4.74 Å². The van der Waals surface area contributed by atoms with Crippen molar-refractivity contribution in [2.24, 2.45) is 0 Å². The molecule has 1 heterocycles. The Hall–Kier alpha value is -3.88. The van der Waals surface area contributed by atoms with Crippen LogP contribution in [0.15, 0.2) is 24.0 Å². The summed E-state index contributed by atoms with van der Waals surface area (Å²) in [5.74, 6) is -6.73. The second kappa shape index (κ2) is 9.60. The molecule has 3 aliphatic rings. The van der Waals surface area contributed by atoms with Gasteiger partial charge in [0.2, 0.25) is 28.6 Å². The first kappa shape index (κ1) is 28.6. The van der Waals surface area contributed by atoms with Gasteiger partial charge in [-0.1, -0.05) is 0 Å². The number of benzene rings is 2. The number of rotatable bonds is 4. The van der Waals surface area contributed by atoms with Crippen LogP contribution in [0.2, 0.25) is 0 Å². The van der Waals surface area contributed by atoms with Gasteiger partial charge in [0.1, 0.15) is 22.8 Å². The molecule has 2 aliphatic carbocycles. The van der Waals surface area contributed by atoms with Crippen LogP contribution in [0.1, 0.15) is 56.4 Å². The largest absolute Gasteiger partial charge is 0.507 e. The van der Waals surface area contributed by atoms with E-state index in [-0.39, 0.29) is 34.1 Å². The number of methoxy groups -OCH3 is 2. The summed E-state index contributed by atoms with van der Waals surface area (Å²) < 4.78 is 21.4. The molecule has 0 bridgehead atoms. The lowest BCUT2D eigenvalue weighted by molar-refractivity contribution is -0.180. The Labute approximate surface area is 232 Å². The minimum absolute atomic E-state index is 0.0583. The summed E-state index contributed by atoms with van der Waals surface area (Å²) in [6, 6.07) is 2.40. The van der Waals surface area contributed by atoms with Crippen LogP contribution >= 0.6 is 0 Å². The normalized spacial score (nSPS) is 31.3. The third-order valence-corrected chi connectivity index (χ3v) is 8.10. The van der Waals surface area contributed by atoms with Gasteiger partial charge >= 0.3 is 5.97 Å². The Morgan fingerprint density at radius 1 is 1.07 bits per heavy atom. The fourth-order valence-corrected chi connectivity index (χ4v) is 5.78. The molecule has 5 N–H and O–H groups in total. The maximum atomic E-state index is 13.7. The number of ether oxygens (including phenoxy) is 4. The number of ketones is 3. The van der Waals surface area contributed by atoms with Crippen LogP contribution in [-0.4, -0.2) is 98.9 Å². The molecule has 2 aromatic carbocycles. The average molecular weight is 573 g/mol. The SMILES string of the molecule is COC(=O)c1c(O[C@@H]2CC[C@@H](O)[C@H](C)O2)cc2cc3c(c(O)c2c1C)C(=O)[C@]1(O)C(=O)C=C(OC)[C@@H](O)[C@]1(O)C3=O. The van der Waals surface area contributed by atoms with E-state index in [0.29, 0.717) is 12.5 Å². The smallest absolute Gasteiger partial charge is 0.341 e. The predicted molar refractivity (Wildman–Crippen MR) is 137 cm³/mol. The van der Waals surface area contributed by atoms with E-state index < -0.39 is 81.8 Å². The van der Waals surface area contributed by atoms with Crippen LogP contribution in [0, 0.1) is 6.92 Å². The van der Waals surface area contributed by atoms with Crippen LogP contribution in [0.25, 0.3) is 10.8 Å². The highest BCUT2D eigenvalue weighted by Gasteiger charge is 2.73. The lowest BCUT2D eigenvalue weighted by Crippen LogP contribution is -2.76.